The van der Waals surface area contributed by atoms with E-state index in [9.17, 15) is 0 Å². The molecule has 0 aromatic rings. The van der Waals surface area contributed by atoms with Crippen molar-refractivity contribution in [2.75, 3.05) is 13.2 Å². The van der Waals surface area contributed by atoms with Crippen LogP contribution in [0.1, 0.15) is 27.2 Å². The van der Waals surface area contributed by atoms with Crippen molar-refractivity contribution >= 4 is 0 Å². The largest absolute Gasteiger partial charge is 0.396 e. The fourth-order valence-electron chi connectivity index (χ4n) is 1.18. The molecule has 3 heteroatoms. The van der Waals surface area contributed by atoms with E-state index in [2.05, 4.69) is 25.2 Å². The zero-order valence-electron chi connectivity index (χ0n) is 8.75. The molecule has 0 aliphatic carbocycles. The molecule has 0 spiro atoms. The van der Waals surface area contributed by atoms with Crippen molar-refractivity contribution in [2.45, 2.75) is 33.2 Å². The van der Waals surface area contributed by atoms with Gasteiger partial charge in [-0.05, 0) is 19.3 Å². The van der Waals surface area contributed by atoms with E-state index in [1.165, 1.54) is 0 Å². The van der Waals surface area contributed by atoms with E-state index in [0.717, 1.165) is 6.42 Å². The van der Waals surface area contributed by atoms with Crippen LogP contribution in [0, 0.1) is 23.2 Å². The summed E-state index contributed by atoms with van der Waals surface area (Å²) in [6.07, 6.45) is 0.760. The summed E-state index contributed by atoms with van der Waals surface area (Å²) in [5, 5.41) is 20.7. The van der Waals surface area contributed by atoms with Crippen molar-refractivity contribution in [3.05, 3.63) is 0 Å². The lowest BCUT2D eigenvalue weighted by Crippen LogP contribution is -2.37. The number of aliphatic hydroxyl groups is 1. The van der Waals surface area contributed by atoms with Crippen molar-refractivity contribution in [3.63, 3.8) is 0 Å². The van der Waals surface area contributed by atoms with E-state index in [1.807, 2.05) is 6.92 Å². The Hall–Kier alpha value is -0.590. The minimum absolute atomic E-state index is 0.0416. The highest BCUT2D eigenvalue weighted by molar-refractivity contribution is 4.82. The van der Waals surface area contributed by atoms with Crippen LogP contribution in [-0.4, -0.2) is 24.3 Å². The molecule has 76 valence electrons. The lowest BCUT2D eigenvalue weighted by Gasteiger charge is -2.22. The predicted octanol–water partition coefficient (Wildman–Crippen LogP) is 1.14. The van der Waals surface area contributed by atoms with Crippen LogP contribution in [0.25, 0.3) is 0 Å². The van der Waals surface area contributed by atoms with Crippen LogP contribution in [0.3, 0.4) is 0 Å². The quantitative estimate of drug-likeness (QED) is 0.651. The molecule has 0 bridgehead atoms. The van der Waals surface area contributed by atoms with Gasteiger partial charge in [0.25, 0.3) is 0 Å². The number of nitrogens with zero attached hydrogens (tertiary/aromatic N) is 1. The van der Waals surface area contributed by atoms with E-state index >= 15 is 0 Å². The monoisotopic (exact) mass is 184 g/mol. The summed E-state index contributed by atoms with van der Waals surface area (Å²) < 4.78 is 0. The van der Waals surface area contributed by atoms with Crippen molar-refractivity contribution in [3.8, 4) is 6.07 Å². The van der Waals surface area contributed by atoms with Gasteiger partial charge in [-0.1, -0.05) is 13.8 Å². The fourth-order valence-corrected chi connectivity index (χ4v) is 1.18. The Kier molecular flexibility index (Phi) is 6.56. The fraction of sp³-hybridized carbons (Fsp3) is 0.900. The first-order chi connectivity index (χ1) is 6.11. The molecule has 0 aliphatic heterocycles. The van der Waals surface area contributed by atoms with Gasteiger partial charge in [0.1, 0.15) is 0 Å². The summed E-state index contributed by atoms with van der Waals surface area (Å²) in [7, 11) is 0. The third kappa shape index (κ3) is 5.62. The molecule has 2 N–H and O–H groups in total. The normalized spacial score (nSPS) is 15.4. The Balaban J connectivity index is 3.76. The molecule has 0 aromatic carbocycles. The summed E-state index contributed by atoms with van der Waals surface area (Å²) in [6, 6.07) is 2.50. The molecule has 2 unspecified atom stereocenters. The average molecular weight is 184 g/mol. The molecule has 0 radical (unpaired) electrons. The maximum Gasteiger partial charge on any atom is 0.0666 e. The predicted molar refractivity (Wildman–Crippen MR) is 53.1 cm³/mol. The van der Waals surface area contributed by atoms with Crippen LogP contribution < -0.4 is 5.32 Å². The van der Waals surface area contributed by atoms with E-state index in [0.29, 0.717) is 18.5 Å². The van der Waals surface area contributed by atoms with E-state index in [1.54, 1.807) is 0 Å². The number of hydrogen-bond donors (Lipinski definition) is 2. The van der Waals surface area contributed by atoms with Gasteiger partial charge >= 0.3 is 0 Å². The van der Waals surface area contributed by atoms with E-state index in [-0.39, 0.29) is 12.5 Å². The van der Waals surface area contributed by atoms with Crippen LogP contribution in [0.4, 0.5) is 0 Å². The summed E-state index contributed by atoms with van der Waals surface area (Å²) in [5.74, 6) is 0.540. The smallest absolute Gasteiger partial charge is 0.0666 e. The van der Waals surface area contributed by atoms with Gasteiger partial charge in [-0.15, -0.1) is 0 Å². The Bertz CT molecular complexity index is 163. The molecule has 3 nitrogen and oxygen atoms in total. The molecule has 0 amide bonds. The SMILES string of the molecule is CC(C#N)CNC(CCO)C(C)C. The maximum absolute atomic E-state index is 8.80. The highest BCUT2D eigenvalue weighted by Gasteiger charge is 2.12. The second kappa shape index (κ2) is 6.88. The number of nitriles is 1. The summed E-state index contributed by atoms with van der Waals surface area (Å²) in [4.78, 5) is 0. The third-order valence-electron chi connectivity index (χ3n) is 2.15. The van der Waals surface area contributed by atoms with Crippen molar-refractivity contribution in [1.29, 1.82) is 5.26 Å². The second-order valence-electron chi connectivity index (χ2n) is 3.80. The number of rotatable bonds is 6. The Morgan fingerprint density at radius 2 is 2.00 bits per heavy atom. The number of hydrogen-bond acceptors (Lipinski definition) is 3. The van der Waals surface area contributed by atoms with E-state index < -0.39 is 0 Å². The van der Waals surface area contributed by atoms with Gasteiger partial charge in [0.2, 0.25) is 0 Å². The van der Waals surface area contributed by atoms with Crippen LogP contribution in [0.15, 0.2) is 0 Å². The Labute approximate surface area is 80.8 Å². The minimum atomic E-state index is 0.0416. The van der Waals surface area contributed by atoms with Crippen LogP contribution in [0.5, 0.6) is 0 Å². The van der Waals surface area contributed by atoms with E-state index in [4.69, 9.17) is 10.4 Å². The standard InChI is InChI=1S/C10H20N2O/c1-8(2)10(4-5-13)12-7-9(3)6-11/h8-10,12-13H,4-5,7H2,1-3H3. The zero-order valence-corrected chi connectivity index (χ0v) is 8.75. The van der Waals surface area contributed by atoms with Crippen LogP contribution in [-0.2, 0) is 0 Å². The van der Waals surface area contributed by atoms with Crippen molar-refractivity contribution in [2.24, 2.45) is 11.8 Å². The zero-order chi connectivity index (χ0) is 10.3. The average Bonchev–Trinajstić information content (AvgIpc) is 2.11. The van der Waals surface area contributed by atoms with Gasteiger partial charge < -0.3 is 10.4 Å². The molecule has 0 heterocycles. The molecule has 0 saturated carbocycles. The number of nitrogens with one attached hydrogen (secondary N) is 1. The summed E-state index contributed by atoms with van der Waals surface area (Å²) in [6.45, 7) is 7.04. The Morgan fingerprint density at radius 3 is 2.38 bits per heavy atom. The molecule has 0 fully saturated rings. The number of aliphatic hydroxyl groups excluding tert-OH is 1. The molecule has 0 aliphatic rings. The minimum Gasteiger partial charge on any atom is -0.396 e. The van der Waals surface area contributed by atoms with Gasteiger partial charge in [-0.3, -0.25) is 0 Å². The third-order valence-corrected chi connectivity index (χ3v) is 2.15. The van der Waals surface area contributed by atoms with Gasteiger partial charge in [0.05, 0.1) is 12.0 Å². The maximum atomic E-state index is 8.80. The van der Waals surface area contributed by atoms with Crippen molar-refractivity contribution < 1.29 is 5.11 Å². The lowest BCUT2D eigenvalue weighted by atomic mass is 10.0. The van der Waals surface area contributed by atoms with Crippen LogP contribution in [0.2, 0.25) is 0 Å². The van der Waals surface area contributed by atoms with Gasteiger partial charge in [0.15, 0.2) is 0 Å². The van der Waals surface area contributed by atoms with Gasteiger partial charge in [0, 0.05) is 19.2 Å². The highest BCUT2D eigenvalue weighted by atomic mass is 16.3. The summed E-state index contributed by atoms with van der Waals surface area (Å²) >= 11 is 0. The molecular formula is C10H20N2O. The lowest BCUT2D eigenvalue weighted by molar-refractivity contribution is 0.243. The highest BCUT2D eigenvalue weighted by Crippen LogP contribution is 2.05. The molecule has 0 rings (SSSR count). The Morgan fingerprint density at radius 1 is 1.38 bits per heavy atom. The van der Waals surface area contributed by atoms with Gasteiger partial charge in [-0.25, -0.2) is 0 Å². The molecule has 0 saturated heterocycles. The molecule has 0 aromatic heterocycles. The first-order valence-electron chi connectivity index (χ1n) is 4.85. The molecular weight excluding hydrogens is 164 g/mol. The first-order valence-corrected chi connectivity index (χ1v) is 4.85. The second-order valence-corrected chi connectivity index (χ2v) is 3.80. The topological polar surface area (TPSA) is 56.0 Å². The summed E-state index contributed by atoms with van der Waals surface area (Å²) in [5.41, 5.74) is 0. The van der Waals surface area contributed by atoms with Crippen LogP contribution >= 0.6 is 0 Å². The van der Waals surface area contributed by atoms with Gasteiger partial charge in [-0.2, -0.15) is 5.26 Å². The first kappa shape index (κ1) is 12.4. The molecule has 2 atom stereocenters. The molecule has 13 heavy (non-hydrogen) atoms. The van der Waals surface area contributed by atoms with Crippen molar-refractivity contribution in [1.82, 2.24) is 5.32 Å².